The van der Waals surface area contributed by atoms with Crippen molar-refractivity contribution in [3.8, 4) is 34.3 Å². The summed E-state index contributed by atoms with van der Waals surface area (Å²) in [6.07, 6.45) is 6.13. The Morgan fingerprint density at radius 1 is 0.977 bits per heavy atom. The van der Waals surface area contributed by atoms with Crippen LogP contribution < -0.4 is 5.56 Å². The molecule has 7 rings (SSSR count). The summed E-state index contributed by atoms with van der Waals surface area (Å²) in [5.41, 5.74) is 6.58. The lowest BCUT2D eigenvalue weighted by Gasteiger charge is -2.12. The Kier molecular flexibility index (Phi) is 6.50. The molecule has 0 unspecified atom stereocenters. The number of aromatic nitrogens is 7. The maximum atomic E-state index is 11.7. The number of fused-ring (bicyclic) bond motifs is 1. The van der Waals surface area contributed by atoms with E-state index in [0.717, 1.165) is 57.2 Å². The molecule has 0 spiro atoms. The number of benzene rings is 2. The third kappa shape index (κ3) is 5.03. The molecule has 0 bridgehead atoms. The number of furan rings is 1. The lowest BCUT2D eigenvalue weighted by atomic mass is 10.1. The number of imidazole rings is 1. The van der Waals surface area contributed by atoms with Crippen molar-refractivity contribution < 1.29 is 9.52 Å². The second-order valence-corrected chi connectivity index (χ2v) is 10.5. The SMILES string of the molecule is CCc1cc(-c2ccc(C)o2)n(-c2ccc3c(c2)nc(-c2cc(Cn4cccn4)ccc2O)n3Cc2ccc(=O)[nH]c2)n1. The summed E-state index contributed by atoms with van der Waals surface area (Å²) in [7, 11) is 0. The fraction of sp³-hybridized carbons (Fsp3) is 0.152. The number of nitrogens with one attached hydrogen (secondary N) is 1. The minimum absolute atomic E-state index is 0.123. The molecule has 0 saturated heterocycles. The molecule has 5 aromatic heterocycles. The molecular formula is C33H29N7O3. The van der Waals surface area contributed by atoms with Crippen molar-refractivity contribution in [2.45, 2.75) is 33.4 Å². The quantitative estimate of drug-likeness (QED) is 0.241. The van der Waals surface area contributed by atoms with Gasteiger partial charge in [-0.15, -0.1) is 0 Å². The zero-order chi connectivity index (χ0) is 29.5. The van der Waals surface area contributed by atoms with Gasteiger partial charge in [0.1, 0.15) is 23.0 Å². The zero-order valence-corrected chi connectivity index (χ0v) is 23.7. The predicted molar refractivity (Wildman–Crippen MR) is 163 cm³/mol. The van der Waals surface area contributed by atoms with Gasteiger partial charge in [-0.05, 0) is 79.1 Å². The first kappa shape index (κ1) is 26.3. The number of H-pyrrole nitrogens is 1. The van der Waals surface area contributed by atoms with Gasteiger partial charge in [0.2, 0.25) is 5.56 Å². The van der Waals surface area contributed by atoms with Gasteiger partial charge in [-0.25, -0.2) is 9.67 Å². The molecule has 0 saturated carbocycles. The highest BCUT2D eigenvalue weighted by molar-refractivity contribution is 5.84. The van der Waals surface area contributed by atoms with E-state index in [1.54, 1.807) is 24.5 Å². The van der Waals surface area contributed by atoms with Gasteiger partial charge in [-0.2, -0.15) is 10.2 Å². The predicted octanol–water partition coefficient (Wildman–Crippen LogP) is 5.71. The Morgan fingerprint density at radius 3 is 2.60 bits per heavy atom. The van der Waals surface area contributed by atoms with E-state index in [1.165, 1.54) is 6.07 Å². The Labute approximate surface area is 246 Å². The highest BCUT2D eigenvalue weighted by atomic mass is 16.3. The van der Waals surface area contributed by atoms with Crippen LogP contribution in [0.5, 0.6) is 5.75 Å². The zero-order valence-electron chi connectivity index (χ0n) is 23.7. The van der Waals surface area contributed by atoms with Gasteiger partial charge in [0.05, 0.1) is 41.1 Å². The molecule has 0 aliphatic heterocycles. The van der Waals surface area contributed by atoms with Gasteiger partial charge >= 0.3 is 0 Å². The van der Waals surface area contributed by atoms with Crippen molar-refractivity contribution in [3.05, 3.63) is 124 Å². The van der Waals surface area contributed by atoms with Gasteiger partial charge < -0.3 is 19.1 Å². The minimum atomic E-state index is -0.165. The smallest absolute Gasteiger partial charge is 0.247 e. The summed E-state index contributed by atoms with van der Waals surface area (Å²) in [4.78, 5) is 19.6. The summed E-state index contributed by atoms with van der Waals surface area (Å²) in [5.74, 6) is 2.30. The van der Waals surface area contributed by atoms with E-state index in [2.05, 4.69) is 21.6 Å². The van der Waals surface area contributed by atoms with Gasteiger partial charge in [-0.3, -0.25) is 9.48 Å². The van der Waals surface area contributed by atoms with Gasteiger partial charge in [0.25, 0.3) is 0 Å². The lowest BCUT2D eigenvalue weighted by Crippen LogP contribution is -2.07. The van der Waals surface area contributed by atoms with Crippen LogP contribution in [0.4, 0.5) is 0 Å². The van der Waals surface area contributed by atoms with Crippen molar-refractivity contribution in [1.29, 1.82) is 0 Å². The van der Waals surface area contributed by atoms with Crippen LogP contribution in [0, 0.1) is 6.92 Å². The van der Waals surface area contributed by atoms with E-state index >= 15 is 0 Å². The maximum absolute atomic E-state index is 11.7. The Balaban J connectivity index is 1.38. The summed E-state index contributed by atoms with van der Waals surface area (Å²) in [6.45, 7) is 4.99. The molecule has 2 N–H and O–H groups in total. The highest BCUT2D eigenvalue weighted by Crippen LogP contribution is 2.34. The van der Waals surface area contributed by atoms with Crippen LogP contribution in [0.15, 0.2) is 101 Å². The standard InChI is InChI=1S/C33H29N7O3/c1-3-24-16-29(31-11-5-21(2)43-31)40(37-24)25-8-9-28-27(17-25)36-33(39(28)20-23-7-12-32(42)34-18-23)26-15-22(6-10-30(26)41)19-38-14-4-13-35-38/h4-18,41H,3,19-20H2,1-2H3,(H,34,42). The van der Waals surface area contributed by atoms with E-state index in [4.69, 9.17) is 14.5 Å². The normalized spacial score (nSPS) is 11.5. The van der Waals surface area contributed by atoms with Crippen molar-refractivity contribution in [3.63, 3.8) is 0 Å². The first-order chi connectivity index (χ1) is 20.9. The number of nitrogens with zero attached hydrogens (tertiary/aromatic N) is 6. The third-order valence-electron chi connectivity index (χ3n) is 7.49. The number of pyridine rings is 1. The molecule has 10 nitrogen and oxygen atoms in total. The first-order valence-electron chi connectivity index (χ1n) is 14.1. The second kappa shape index (κ2) is 10.6. The van der Waals surface area contributed by atoms with Gasteiger partial charge in [0.15, 0.2) is 5.76 Å². The van der Waals surface area contributed by atoms with Crippen molar-refractivity contribution in [2.75, 3.05) is 0 Å². The Bertz CT molecular complexity index is 2110. The summed E-state index contributed by atoms with van der Waals surface area (Å²) in [6, 6.07) is 22.7. The molecule has 0 radical (unpaired) electrons. The number of aromatic hydroxyl groups is 1. The van der Waals surface area contributed by atoms with E-state index in [9.17, 15) is 9.90 Å². The molecule has 0 amide bonds. The van der Waals surface area contributed by atoms with E-state index < -0.39 is 0 Å². The number of aromatic amines is 1. The molecule has 10 heteroatoms. The molecule has 0 aliphatic carbocycles. The van der Waals surface area contributed by atoms with Crippen LogP contribution in [0.25, 0.3) is 39.6 Å². The fourth-order valence-electron chi connectivity index (χ4n) is 5.33. The molecule has 0 fully saturated rings. The first-order valence-corrected chi connectivity index (χ1v) is 14.1. The maximum Gasteiger partial charge on any atom is 0.247 e. The minimum Gasteiger partial charge on any atom is -0.507 e. The second-order valence-electron chi connectivity index (χ2n) is 10.5. The Morgan fingerprint density at radius 2 is 1.86 bits per heavy atom. The van der Waals surface area contributed by atoms with Crippen LogP contribution in [0.2, 0.25) is 0 Å². The topological polar surface area (TPSA) is 120 Å². The van der Waals surface area contributed by atoms with Crippen molar-refractivity contribution >= 4 is 11.0 Å². The number of phenols is 1. The summed E-state index contributed by atoms with van der Waals surface area (Å²) >= 11 is 0. The molecular weight excluding hydrogens is 542 g/mol. The lowest BCUT2D eigenvalue weighted by molar-refractivity contribution is 0.476. The number of phenolic OH excluding ortho intramolecular Hbond substituents is 1. The third-order valence-corrected chi connectivity index (χ3v) is 7.49. The average Bonchev–Trinajstić information content (AvgIpc) is 3.82. The summed E-state index contributed by atoms with van der Waals surface area (Å²) < 4.78 is 11.7. The molecule has 7 aromatic rings. The molecule has 214 valence electrons. The van der Waals surface area contributed by atoms with Crippen LogP contribution in [-0.2, 0) is 19.5 Å². The van der Waals surface area contributed by atoms with E-state index in [1.807, 2.05) is 77.1 Å². The van der Waals surface area contributed by atoms with E-state index in [0.29, 0.717) is 24.5 Å². The highest BCUT2D eigenvalue weighted by Gasteiger charge is 2.20. The van der Waals surface area contributed by atoms with Crippen LogP contribution in [0.1, 0.15) is 29.5 Å². The summed E-state index contributed by atoms with van der Waals surface area (Å²) in [5, 5.41) is 20.2. The molecule has 0 atom stereocenters. The van der Waals surface area contributed by atoms with E-state index in [-0.39, 0.29) is 11.3 Å². The van der Waals surface area contributed by atoms with Crippen molar-refractivity contribution in [1.82, 2.24) is 34.1 Å². The number of aryl methyl sites for hydroxylation is 2. The molecule has 2 aromatic carbocycles. The van der Waals surface area contributed by atoms with Crippen LogP contribution >= 0.6 is 0 Å². The van der Waals surface area contributed by atoms with Crippen LogP contribution in [0.3, 0.4) is 0 Å². The molecule has 0 aliphatic rings. The monoisotopic (exact) mass is 571 g/mol. The van der Waals surface area contributed by atoms with Gasteiger partial charge in [-0.1, -0.05) is 19.1 Å². The Hall–Kier alpha value is -5.64. The number of rotatable bonds is 8. The number of hydrogen-bond acceptors (Lipinski definition) is 6. The largest absolute Gasteiger partial charge is 0.507 e. The molecule has 43 heavy (non-hydrogen) atoms. The fourth-order valence-corrected chi connectivity index (χ4v) is 5.33. The van der Waals surface area contributed by atoms with Gasteiger partial charge in [0, 0.05) is 24.7 Å². The van der Waals surface area contributed by atoms with Crippen molar-refractivity contribution in [2.24, 2.45) is 0 Å². The molecule has 5 heterocycles. The number of hydrogen-bond donors (Lipinski definition) is 2. The average molecular weight is 572 g/mol. The van der Waals surface area contributed by atoms with Crippen LogP contribution in [-0.4, -0.2) is 39.2 Å².